The molecule has 4 rings (SSSR count). The van der Waals surface area contributed by atoms with Crippen molar-refractivity contribution >= 4 is 15.9 Å². The van der Waals surface area contributed by atoms with Crippen molar-refractivity contribution in [2.24, 2.45) is 17.6 Å². The van der Waals surface area contributed by atoms with Gasteiger partial charge in [-0.3, -0.25) is 0 Å². The highest BCUT2D eigenvalue weighted by Crippen LogP contribution is 2.36. The Morgan fingerprint density at radius 2 is 1.68 bits per heavy atom. The SMILES string of the molecule is CC(C1CCCN(C(N)=O)C1S(=O)(=O)c1ccccc1)N1CCC(Cc2ccc(F)cc2)CC1. The van der Waals surface area contributed by atoms with Crippen molar-refractivity contribution < 1.29 is 17.6 Å². The van der Waals surface area contributed by atoms with E-state index < -0.39 is 21.2 Å². The minimum absolute atomic E-state index is 0.00240. The average molecular weight is 488 g/mol. The minimum atomic E-state index is -3.78. The zero-order chi connectivity index (χ0) is 24.3. The van der Waals surface area contributed by atoms with Crippen molar-refractivity contribution in [3.8, 4) is 0 Å². The molecule has 0 radical (unpaired) electrons. The third kappa shape index (κ3) is 5.28. The molecular weight excluding hydrogens is 453 g/mol. The number of likely N-dealkylation sites (tertiary alicyclic amines) is 2. The molecule has 2 N–H and O–H groups in total. The fraction of sp³-hybridized carbons (Fsp3) is 0.500. The summed E-state index contributed by atoms with van der Waals surface area (Å²) in [6.07, 6.45) is 4.40. The highest BCUT2D eigenvalue weighted by Gasteiger charge is 2.46. The van der Waals surface area contributed by atoms with Gasteiger partial charge in [0.2, 0.25) is 0 Å². The topological polar surface area (TPSA) is 83.7 Å². The molecule has 6 nitrogen and oxygen atoms in total. The van der Waals surface area contributed by atoms with E-state index in [1.807, 2.05) is 12.1 Å². The lowest BCUT2D eigenvalue weighted by Crippen LogP contribution is -2.59. The van der Waals surface area contributed by atoms with Gasteiger partial charge < -0.3 is 15.5 Å². The molecule has 0 aliphatic carbocycles. The quantitative estimate of drug-likeness (QED) is 0.666. The zero-order valence-electron chi connectivity index (χ0n) is 19.6. The van der Waals surface area contributed by atoms with E-state index in [0.29, 0.717) is 12.5 Å². The van der Waals surface area contributed by atoms with Crippen LogP contribution in [-0.4, -0.2) is 55.3 Å². The van der Waals surface area contributed by atoms with Gasteiger partial charge in [-0.2, -0.15) is 0 Å². The van der Waals surface area contributed by atoms with Crippen LogP contribution in [0.3, 0.4) is 0 Å². The summed E-state index contributed by atoms with van der Waals surface area (Å²) < 4.78 is 40.6. The van der Waals surface area contributed by atoms with E-state index >= 15 is 0 Å². The van der Waals surface area contributed by atoms with Crippen LogP contribution in [0.1, 0.15) is 38.2 Å². The molecule has 3 atom stereocenters. The summed E-state index contributed by atoms with van der Waals surface area (Å²) in [4.78, 5) is 16.2. The third-order valence-electron chi connectivity index (χ3n) is 7.57. The van der Waals surface area contributed by atoms with Crippen LogP contribution in [0.2, 0.25) is 0 Å². The standard InChI is InChI=1S/C26H34FN3O3S/c1-19(29-16-13-21(14-17-29)18-20-9-11-22(27)12-10-20)24-8-5-15-30(26(28)31)25(24)34(32,33)23-6-3-2-4-7-23/h2-4,6-7,9-12,19,21,24-25H,5,8,13-18H2,1H3,(H2,28,31). The molecule has 2 aromatic carbocycles. The first kappa shape index (κ1) is 24.7. The Hall–Kier alpha value is -2.45. The van der Waals surface area contributed by atoms with E-state index in [0.717, 1.165) is 50.8 Å². The molecule has 34 heavy (non-hydrogen) atoms. The maximum atomic E-state index is 13.7. The minimum Gasteiger partial charge on any atom is -0.351 e. The monoisotopic (exact) mass is 487 g/mol. The molecule has 184 valence electrons. The number of amides is 2. The van der Waals surface area contributed by atoms with Crippen LogP contribution in [0.15, 0.2) is 59.5 Å². The van der Waals surface area contributed by atoms with Crippen molar-refractivity contribution in [3.63, 3.8) is 0 Å². The van der Waals surface area contributed by atoms with Gasteiger partial charge in [0, 0.05) is 18.5 Å². The number of benzene rings is 2. The molecule has 2 saturated heterocycles. The largest absolute Gasteiger partial charge is 0.351 e. The predicted octanol–water partition coefficient (Wildman–Crippen LogP) is 4.06. The highest BCUT2D eigenvalue weighted by molar-refractivity contribution is 7.92. The molecule has 8 heteroatoms. The maximum absolute atomic E-state index is 13.7. The molecule has 0 spiro atoms. The summed E-state index contributed by atoms with van der Waals surface area (Å²) in [7, 11) is -3.78. The molecule has 2 aliphatic heterocycles. The Bertz CT molecular complexity index is 1070. The molecule has 2 amide bonds. The van der Waals surface area contributed by atoms with Crippen LogP contribution >= 0.6 is 0 Å². The molecule has 2 heterocycles. The Balaban J connectivity index is 1.49. The van der Waals surface area contributed by atoms with E-state index in [4.69, 9.17) is 5.73 Å². The van der Waals surface area contributed by atoms with Crippen LogP contribution in [-0.2, 0) is 16.3 Å². The van der Waals surface area contributed by atoms with Gasteiger partial charge in [0.1, 0.15) is 11.2 Å². The smallest absolute Gasteiger partial charge is 0.315 e. The average Bonchev–Trinajstić information content (AvgIpc) is 2.85. The summed E-state index contributed by atoms with van der Waals surface area (Å²) in [6, 6.07) is 14.4. The van der Waals surface area contributed by atoms with Crippen LogP contribution in [0.25, 0.3) is 0 Å². The van der Waals surface area contributed by atoms with Gasteiger partial charge in [0.05, 0.1) is 4.90 Å². The number of carbonyl (C=O) groups excluding carboxylic acids is 1. The first-order valence-corrected chi connectivity index (χ1v) is 13.7. The fourth-order valence-electron chi connectivity index (χ4n) is 5.65. The number of urea groups is 1. The first-order valence-electron chi connectivity index (χ1n) is 12.1. The second-order valence-corrected chi connectivity index (χ2v) is 11.7. The number of nitrogens with zero attached hydrogens (tertiary/aromatic N) is 2. The Morgan fingerprint density at radius 3 is 2.29 bits per heavy atom. The lowest BCUT2D eigenvalue weighted by atomic mass is 9.86. The van der Waals surface area contributed by atoms with Crippen LogP contribution < -0.4 is 5.73 Å². The molecule has 2 aliphatic rings. The van der Waals surface area contributed by atoms with E-state index in [9.17, 15) is 17.6 Å². The van der Waals surface area contributed by atoms with Crippen molar-refractivity contribution in [2.75, 3.05) is 19.6 Å². The lowest BCUT2D eigenvalue weighted by Gasteiger charge is -2.46. The maximum Gasteiger partial charge on any atom is 0.315 e. The second kappa shape index (κ2) is 10.4. The van der Waals surface area contributed by atoms with Gasteiger partial charge in [-0.25, -0.2) is 17.6 Å². The van der Waals surface area contributed by atoms with E-state index in [1.54, 1.807) is 30.3 Å². The normalized spacial score (nSPS) is 23.5. The number of hydrogen-bond acceptors (Lipinski definition) is 4. The highest BCUT2D eigenvalue weighted by atomic mass is 32.2. The summed E-state index contributed by atoms with van der Waals surface area (Å²) in [6.45, 7) is 4.19. The van der Waals surface area contributed by atoms with Crippen molar-refractivity contribution in [3.05, 3.63) is 66.0 Å². The summed E-state index contributed by atoms with van der Waals surface area (Å²) in [5, 5.41) is -0.965. The first-order chi connectivity index (χ1) is 16.3. The Morgan fingerprint density at radius 1 is 1.03 bits per heavy atom. The number of nitrogens with two attached hydrogens (primary N) is 1. The van der Waals surface area contributed by atoms with Gasteiger partial charge in [0.15, 0.2) is 9.84 Å². The van der Waals surface area contributed by atoms with E-state index in [2.05, 4.69) is 11.8 Å². The van der Waals surface area contributed by atoms with Gasteiger partial charge in [-0.05, 0) is 87.9 Å². The van der Waals surface area contributed by atoms with Crippen molar-refractivity contribution in [2.45, 2.75) is 55.3 Å². The molecular formula is C26H34FN3O3S. The van der Waals surface area contributed by atoms with Crippen LogP contribution in [0, 0.1) is 17.7 Å². The van der Waals surface area contributed by atoms with E-state index in [-0.39, 0.29) is 22.7 Å². The summed E-state index contributed by atoms with van der Waals surface area (Å²) in [5.41, 5.74) is 6.80. The van der Waals surface area contributed by atoms with Crippen LogP contribution in [0.5, 0.6) is 0 Å². The number of carbonyl (C=O) groups is 1. The molecule has 2 fully saturated rings. The molecule has 3 unspecified atom stereocenters. The second-order valence-electron chi connectivity index (χ2n) is 9.64. The number of primary amides is 1. The third-order valence-corrected chi connectivity index (χ3v) is 9.73. The number of rotatable bonds is 6. The molecule has 2 aromatic rings. The van der Waals surface area contributed by atoms with Crippen molar-refractivity contribution in [1.82, 2.24) is 9.80 Å². The van der Waals surface area contributed by atoms with Crippen LogP contribution in [0.4, 0.5) is 9.18 Å². The predicted molar refractivity (Wildman–Crippen MR) is 130 cm³/mol. The molecule has 0 saturated carbocycles. The number of halogens is 1. The number of hydrogen-bond donors (Lipinski definition) is 1. The Kier molecular flexibility index (Phi) is 7.57. The molecule has 0 bridgehead atoms. The van der Waals surface area contributed by atoms with Gasteiger partial charge >= 0.3 is 6.03 Å². The summed E-state index contributed by atoms with van der Waals surface area (Å²) >= 11 is 0. The molecule has 0 aromatic heterocycles. The number of sulfone groups is 1. The number of piperidine rings is 2. The Labute approximate surface area is 201 Å². The van der Waals surface area contributed by atoms with Gasteiger partial charge in [-0.1, -0.05) is 30.3 Å². The van der Waals surface area contributed by atoms with Gasteiger partial charge in [-0.15, -0.1) is 0 Å². The van der Waals surface area contributed by atoms with Crippen molar-refractivity contribution in [1.29, 1.82) is 0 Å². The summed E-state index contributed by atoms with van der Waals surface area (Å²) in [5.74, 6) is 0.0798. The zero-order valence-corrected chi connectivity index (χ0v) is 20.5. The fourth-order valence-corrected chi connectivity index (χ4v) is 7.83. The lowest BCUT2D eigenvalue weighted by molar-refractivity contribution is 0.0611. The van der Waals surface area contributed by atoms with Gasteiger partial charge in [0.25, 0.3) is 0 Å². The van der Waals surface area contributed by atoms with E-state index in [1.165, 1.54) is 17.0 Å².